The summed E-state index contributed by atoms with van der Waals surface area (Å²) in [6.45, 7) is 5.01. The average molecular weight is 567 g/mol. The van der Waals surface area contributed by atoms with E-state index in [-0.39, 0.29) is 17.9 Å². The molecule has 0 aliphatic carbocycles. The van der Waals surface area contributed by atoms with Crippen molar-refractivity contribution in [2.24, 2.45) is 0 Å². The maximum absolute atomic E-state index is 14.1. The second kappa shape index (κ2) is 11.3. The third-order valence-corrected chi connectivity index (χ3v) is 7.93. The van der Waals surface area contributed by atoms with Gasteiger partial charge in [-0.1, -0.05) is 30.3 Å². The van der Waals surface area contributed by atoms with E-state index in [1.807, 2.05) is 62.4 Å². The number of benzene rings is 3. The van der Waals surface area contributed by atoms with Gasteiger partial charge in [0.05, 0.1) is 18.9 Å². The van der Waals surface area contributed by atoms with Gasteiger partial charge in [0.1, 0.15) is 17.8 Å². The van der Waals surface area contributed by atoms with E-state index in [2.05, 4.69) is 10.3 Å². The van der Waals surface area contributed by atoms with Crippen LogP contribution >= 0.6 is 0 Å². The largest absolute Gasteiger partial charge is 0.497 e. The lowest BCUT2D eigenvalue weighted by Crippen LogP contribution is -2.44. The molecule has 2 aliphatic rings. The van der Waals surface area contributed by atoms with Gasteiger partial charge in [0.25, 0.3) is 11.8 Å². The van der Waals surface area contributed by atoms with Gasteiger partial charge in [-0.15, -0.1) is 0 Å². The number of carbonyl (C=O) groups excluding carboxylic acids is 3. The Morgan fingerprint density at radius 1 is 1.02 bits per heavy atom. The molecule has 1 aromatic heterocycles. The minimum atomic E-state index is -0.660. The summed E-state index contributed by atoms with van der Waals surface area (Å²) in [6, 6.07) is 20.7. The molecule has 4 aromatic rings. The summed E-state index contributed by atoms with van der Waals surface area (Å²) < 4.78 is 10.9. The Kier molecular flexibility index (Phi) is 7.43. The van der Waals surface area contributed by atoms with Gasteiger partial charge >= 0.3 is 6.03 Å². The lowest BCUT2D eigenvalue weighted by molar-refractivity contribution is -0.120. The molecule has 2 aliphatic heterocycles. The Hall–Kier alpha value is -4.63. The van der Waals surface area contributed by atoms with Crippen molar-refractivity contribution in [1.29, 1.82) is 0 Å². The summed E-state index contributed by atoms with van der Waals surface area (Å²) in [5.41, 5.74) is 4.69. The van der Waals surface area contributed by atoms with Gasteiger partial charge in [0.2, 0.25) is 0 Å². The predicted octanol–water partition coefficient (Wildman–Crippen LogP) is 5.20. The number of methoxy groups -OCH3 is 1. The number of nitrogens with zero attached hydrogens (tertiary/aromatic N) is 2. The van der Waals surface area contributed by atoms with Crippen LogP contribution < -0.4 is 15.0 Å². The first kappa shape index (κ1) is 27.5. The van der Waals surface area contributed by atoms with Crippen molar-refractivity contribution in [2.75, 3.05) is 25.2 Å². The zero-order valence-electron chi connectivity index (χ0n) is 23.9. The van der Waals surface area contributed by atoms with Crippen molar-refractivity contribution in [3.05, 3.63) is 95.2 Å². The molecule has 0 spiro atoms. The smallest absolute Gasteiger partial charge is 0.332 e. The number of hydrogen-bond donors (Lipinski definition) is 2. The number of imide groups is 1. The fraction of sp³-hybridized carbons (Fsp3) is 0.303. The molecule has 6 rings (SSSR count). The topological polar surface area (TPSA) is 104 Å². The van der Waals surface area contributed by atoms with Crippen LogP contribution in [0, 0.1) is 0 Å². The number of amides is 4. The highest BCUT2D eigenvalue weighted by molar-refractivity contribution is 6.22. The maximum Gasteiger partial charge on any atom is 0.332 e. The predicted molar refractivity (Wildman–Crippen MR) is 160 cm³/mol. The number of anilines is 1. The molecule has 2 N–H and O–H groups in total. The highest BCUT2D eigenvalue weighted by Gasteiger charge is 2.53. The van der Waals surface area contributed by atoms with Crippen molar-refractivity contribution < 1.29 is 23.9 Å². The Morgan fingerprint density at radius 3 is 2.48 bits per heavy atom. The maximum atomic E-state index is 14.1. The molecule has 1 unspecified atom stereocenters. The average Bonchev–Trinajstić information content (AvgIpc) is 3.50. The number of ether oxygens (including phenoxy) is 2. The Bertz CT molecular complexity index is 1630. The van der Waals surface area contributed by atoms with Gasteiger partial charge in [0.15, 0.2) is 0 Å². The Labute approximate surface area is 244 Å². The second-order valence-electron chi connectivity index (χ2n) is 10.9. The monoisotopic (exact) mass is 566 g/mol. The first-order valence-corrected chi connectivity index (χ1v) is 14.3. The van der Waals surface area contributed by atoms with Gasteiger partial charge in [-0.2, -0.15) is 0 Å². The fourth-order valence-electron chi connectivity index (χ4n) is 5.90. The molecule has 4 amide bonds. The molecule has 0 radical (unpaired) electrons. The summed E-state index contributed by atoms with van der Waals surface area (Å²) in [5.74, 6) is 0.214. The summed E-state index contributed by atoms with van der Waals surface area (Å²) in [4.78, 5) is 47.1. The van der Waals surface area contributed by atoms with Gasteiger partial charge in [-0.3, -0.25) is 14.5 Å². The molecule has 0 bridgehead atoms. The molecule has 42 heavy (non-hydrogen) atoms. The molecular formula is C33H34N4O5. The van der Waals surface area contributed by atoms with E-state index in [1.165, 1.54) is 4.90 Å². The number of H-pyrrole nitrogens is 1. The van der Waals surface area contributed by atoms with Crippen LogP contribution in [0.1, 0.15) is 53.5 Å². The van der Waals surface area contributed by atoms with Crippen LogP contribution in [-0.4, -0.2) is 60.1 Å². The number of rotatable bonds is 9. The van der Waals surface area contributed by atoms with Crippen molar-refractivity contribution in [3.8, 4) is 5.75 Å². The summed E-state index contributed by atoms with van der Waals surface area (Å²) in [5, 5.41) is 3.94. The molecule has 9 nitrogen and oxygen atoms in total. The van der Waals surface area contributed by atoms with E-state index >= 15 is 0 Å². The van der Waals surface area contributed by atoms with Crippen LogP contribution in [0.15, 0.2) is 72.8 Å². The lowest BCUT2D eigenvalue weighted by Gasteiger charge is -2.36. The normalized spacial score (nSPS) is 18.0. The van der Waals surface area contributed by atoms with Crippen molar-refractivity contribution in [3.63, 3.8) is 0 Å². The van der Waals surface area contributed by atoms with Crippen LogP contribution in [0.25, 0.3) is 10.9 Å². The van der Waals surface area contributed by atoms with Crippen LogP contribution in [-0.2, 0) is 16.0 Å². The summed E-state index contributed by atoms with van der Waals surface area (Å²) >= 11 is 0. The van der Waals surface area contributed by atoms with E-state index in [0.717, 1.165) is 27.7 Å². The third kappa shape index (κ3) is 4.90. The molecule has 216 valence electrons. The zero-order chi connectivity index (χ0) is 29.4. The number of para-hydroxylation sites is 1. The Morgan fingerprint density at radius 2 is 1.76 bits per heavy atom. The van der Waals surface area contributed by atoms with Gasteiger partial charge in [0, 0.05) is 41.7 Å². The first-order valence-electron chi connectivity index (χ1n) is 14.3. The highest BCUT2D eigenvalue weighted by Crippen LogP contribution is 2.45. The summed E-state index contributed by atoms with van der Waals surface area (Å²) in [7, 11) is 1.61. The second-order valence-corrected chi connectivity index (χ2v) is 10.9. The minimum Gasteiger partial charge on any atom is -0.497 e. The van der Waals surface area contributed by atoms with Crippen molar-refractivity contribution in [2.45, 2.75) is 44.9 Å². The summed E-state index contributed by atoms with van der Waals surface area (Å²) in [6.07, 6.45) is 1.27. The number of nitrogens with one attached hydrogen (secondary N) is 2. The zero-order valence-corrected chi connectivity index (χ0v) is 23.9. The number of urea groups is 1. The quantitative estimate of drug-likeness (QED) is 0.214. The van der Waals surface area contributed by atoms with Crippen LogP contribution in [0.4, 0.5) is 10.5 Å². The molecule has 9 heteroatoms. The number of aromatic amines is 1. The molecule has 1 saturated heterocycles. The van der Waals surface area contributed by atoms with Crippen LogP contribution in [0.3, 0.4) is 0 Å². The third-order valence-electron chi connectivity index (χ3n) is 7.93. The van der Waals surface area contributed by atoms with Gasteiger partial charge < -0.3 is 19.8 Å². The SMILES string of the molecule is COc1ccc(C2c3[nH]c4ccccc4c3C[C@H]3C(=O)N(c4ccc(C(=O)NCCCOC(C)C)cc4)C(=O)N23)cc1. The van der Waals surface area contributed by atoms with Gasteiger partial charge in [-0.05, 0) is 73.9 Å². The molecular weight excluding hydrogens is 532 g/mol. The van der Waals surface area contributed by atoms with E-state index in [9.17, 15) is 14.4 Å². The number of aromatic nitrogens is 1. The molecule has 3 aromatic carbocycles. The molecule has 2 atom stereocenters. The van der Waals surface area contributed by atoms with Crippen molar-refractivity contribution in [1.82, 2.24) is 15.2 Å². The van der Waals surface area contributed by atoms with Crippen molar-refractivity contribution >= 4 is 34.4 Å². The number of carbonyl (C=O) groups is 3. The van der Waals surface area contributed by atoms with Crippen LogP contribution in [0.2, 0.25) is 0 Å². The number of hydrogen-bond acceptors (Lipinski definition) is 5. The van der Waals surface area contributed by atoms with E-state index in [0.29, 0.717) is 43.0 Å². The van der Waals surface area contributed by atoms with Crippen LogP contribution in [0.5, 0.6) is 5.75 Å². The number of fused-ring (bicyclic) bond motifs is 4. The minimum absolute atomic E-state index is 0.153. The standard InChI is InChI=1S/C33H34N4O5/c1-20(2)42-18-6-17-34-31(38)22-9-13-23(14-10-22)36-32(39)28-19-26-25-7-4-5-8-27(25)35-29(26)30(37(28)33(36)40)21-11-15-24(41-3)16-12-21/h4-5,7-16,20,28,30,35H,6,17-19H2,1-3H3,(H,34,38)/t28-,30?/m0/s1. The van der Waals surface area contributed by atoms with E-state index in [4.69, 9.17) is 9.47 Å². The van der Waals surface area contributed by atoms with E-state index < -0.39 is 18.1 Å². The fourth-order valence-corrected chi connectivity index (χ4v) is 5.90. The molecule has 1 fully saturated rings. The van der Waals surface area contributed by atoms with Gasteiger partial charge in [-0.25, -0.2) is 9.69 Å². The highest BCUT2D eigenvalue weighted by atomic mass is 16.5. The first-order chi connectivity index (χ1) is 20.4. The molecule has 3 heterocycles. The lowest BCUT2D eigenvalue weighted by atomic mass is 9.89. The Balaban J connectivity index is 1.28. The van der Waals surface area contributed by atoms with E-state index in [1.54, 1.807) is 36.3 Å². The molecule has 0 saturated carbocycles.